The molecule has 3 fully saturated rings. The van der Waals surface area contributed by atoms with Gasteiger partial charge in [0.2, 0.25) is 12.2 Å². The number of rotatable bonds is 11. The van der Waals surface area contributed by atoms with E-state index in [2.05, 4.69) is 11.9 Å². The Kier molecular flexibility index (Phi) is 12.2. The lowest BCUT2D eigenvalue weighted by molar-refractivity contribution is -0.376. The number of carbonyl (C=O) groups is 1. The Morgan fingerprint density at radius 1 is 0.667 bits per heavy atom. The van der Waals surface area contributed by atoms with Crippen molar-refractivity contribution in [3.8, 4) is 5.75 Å². The Morgan fingerprint density at radius 3 is 1.60 bits per heavy atom. The Labute approximate surface area is 256 Å². The molecular formula is C27H39NO17. The van der Waals surface area contributed by atoms with E-state index in [0.717, 1.165) is 6.08 Å². The van der Waals surface area contributed by atoms with Crippen molar-refractivity contribution in [1.29, 1.82) is 0 Å². The number of anilines is 1. The third-order valence-corrected chi connectivity index (χ3v) is 7.63. The van der Waals surface area contributed by atoms with Gasteiger partial charge in [0.1, 0.15) is 79.0 Å². The Bertz CT molecular complexity index is 1110. The van der Waals surface area contributed by atoms with Gasteiger partial charge in [0, 0.05) is 5.69 Å². The first kappa shape index (κ1) is 35.5. The smallest absolute Gasteiger partial charge is 0.247 e. The van der Waals surface area contributed by atoms with Gasteiger partial charge in [-0.15, -0.1) is 0 Å². The molecule has 1 aromatic rings. The SMILES string of the molecule is C=CC(=O)Nc1ccc(O[C@@H]2O[C@H](CO)[C@@H](O[C@@H]3O[C@H](CO)[C@H](O[C@H]4O[C@H](CO)[C@H](O)[C@H](O)[C@H]4O)[C@H](O)[C@H]3O)[C@H](O)[C@H]2O)cc1. The molecule has 1 amide bonds. The van der Waals surface area contributed by atoms with Gasteiger partial charge in [0.15, 0.2) is 12.6 Å². The van der Waals surface area contributed by atoms with Gasteiger partial charge in [-0.3, -0.25) is 4.79 Å². The van der Waals surface area contributed by atoms with E-state index in [1.165, 1.54) is 24.3 Å². The standard InChI is InChI=1S/C27H39NO17/c1-2-15(32)28-10-3-5-11(6-4-10)40-25-21(38)18(35)23(13(8-30)42-25)45-27-22(39)19(36)24(14(9-31)43-27)44-26-20(37)17(34)16(33)12(7-29)41-26/h2-6,12-14,16-27,29-31,33-39H,1,7-9H2,(H,28,32)/t12-,13-,14-,16+,17+,18-,19-,20-,21-,22-,23-,24+,25-,26-,27+/m1/s1. The summed E-state index contributed by atoms with van der Waals surface area (Å²) in [4.78, 5) is 11.5. The lowest BCUT2D eigenvalue weighted by Gasteiger charge is -2.48. The number of carbonyl (C=O) groups excluding carboxylic acids is 1. The van der Waals surface area contributed by atoms with E-state index in [-0.39, 0.29) is 5.75 Å². The maximum absolute atomic E-state index is 11.5. The van der Waals surface area contributed by atoms with Crippen molar-refractivity contribution in [2.75, 3.05) is 25.1 Å². The van der Waals surface area contributed by atoms with Gasteiger partial charge < -0.3 is 84.8 Å². The van der Waals surface area contributed by atoms with E-state index in [9.17, 15) is 55.9 Å². The van der Waals surface area contributed by atoms with Crippen LogP contribution < -0.4 is 10.1 Å². The van der Waals surface area contributed by atoms with Crippen molar-refractivity contribution >= 4 is 11.6 Å². The van der Waals surface area contributed by atoms with Crippen LogP contribution in [0.25, 0.3) is 0 Å². The van der Waals surface area contributed by atoms with E-state index in [0.29, 0.717) is 5.69 Å². The zero-order valence-corrected chi connectivity index (χ0v) is 23.7. The van der Waals surface area contributed by atoms with Gasteiger partial charge in [0.05, 0.1) is 19.8 Å². The summed E-state index contributed by atoms with van der Waals surface area (Å²) >= 11 is 0. The van der Waals surface area contributed by atoms with Gasteiger partial charge in [0.25, 0.3) is 0 Å². The van der Waals surface area contributed by atoms with Crippen LogP contribution in [0.1, 0.15) is 0 Å². The zero-order chi connectivity index (χ0) is 33.0. The summed E-state index contributed by atoms with van der Waals surface area (Å²) in [6.45, 7) is 0.996. The molecule has 1 aromatic carbocycles. The summed E-state index contributed by atoms with van der Waals surface area (Å²) in [6.07, 6.45) is -24.0. The monoisotopic (exact) mass is 649 g/mol. The number of amides is 1. The third-order valence-electron chi connectivity index (χ3n) is 7.63. The maximum Gasteiger partial charge on any atom is 0.247 e. The van der Waals surface area contributed by atoms with Gasteiger partial charge in [-0.25, -0.2) is 0 Å². The second-order valence-corrected chi connectivity index (χ2v) is 10.6. The number of aliphatic hydroxyl groups is 10. The van der Waals surface area contributed by atoms with Crippen molar-refractivity contribution < 1.29 is 84.3 Å². The van der Waals surface area contributed by atoms with Crippen LogP contribution in [0.15, 0.2) is 36.9 Å². The average Bonchev–Trinajstić information content (AvgIpc) is 3.04. The molecule has 3 saturated heterocycles. The molecule has 3 aliphatic rings. The Morgan fingerprint density at radius 2 is 1.11 bits per heavy atom. The first-order valence-electron chi connectivity index (χ1n) is 14.0. The molecule has 0 bridgehead atoms. The number of hydrogen-bond acceptors (Lipinski definition) is 17. The Hall–Kier alpha value is -2.37. The summed E-state index contributed by atoms with van der Waals surface area (Å²) in [5, 5.41) is 105. The second-order valence-electron chi connectivity index (χ2n) is 10.6. The molecule has 0 unspecified atom stereocenters. The predicted octanol–water partition coefficient (Wildman–Crippen LogP) is -5.36. The molecule has 0 spiro atoms. The van der Waals surface area contributed by atoms with Gasteiger partial charge in [-0.2, -0.15) is 0 Å². The summed E-state index contributed by atoms with van der Waals surface area (Å²) < 4.78 is 33.2. The summed E-state index contributed by atoms with van der Waals surface area (Å²) in [5.41, 5.74) is 0.425. The zero-order valence-electron chi connectivity index (χ0n) is 23.7. The van der Waals surface area contributed by atoms with Crippen molar-refractivity contribution in [2.45, 2.75) is 92.1 Å². The predicted molar refractivity (Wildman–Crippen MR) is 145 cm³/mol. The molecule has 3 aliphatic heterocycles. The van der Waals surface area contributed by atoms with Crippen LogP contribution in [0.5, 0.6) is 5.75 Å². The van der Waals surface area contributed by atoms with Crippen LogP contribution in [-0.2, 0) is 28.5 Å². The molecule has 0 saturated carbocycles. The number of ether oxygens (including phenoxy) is 6. The van der Waals surface area contributed by atoms with E-state index in [4.69, 9.17) is 28.4 Å². The number of hydrogen-bond donors (Lipinski definition) is 11. The average molecular weight is 650 g/mol. The van der Waals surface area contributed by atoms with E-state index in [1.807, 2.05) is 0 Å². The molecule has 0 aliphatic carbocycles. The van der Waals surface area contributed by atoms with Gasteiger partial charge in [-0.1, -0.05) is 6.58 Å². The molecule has 18 nitrogen and oxygen atoms in total. The molecule has 45 heavy (non-hydrogen) atoms. The number of nitrogens with one attached hydrogen (secondary N) is 1. The molecule has 0 radical (unpaired) electrons. The van der Waals surface area contributed by atoms with E-state index in [1.54, 1.807) is 0 Å². The quantitative estimate of drug-likeness (QED) is 0.0998. The summed E-state index contributed by atoms with van der Waals surface area (Å²) in [6, 6.07) is 5.89. The van der Waals surface area contributed by atoms with Crippen LogP contribution in [0, 0.1) is 0 Å². The molecule has 3 heterocycles. The first-order valence-corrected chi connectivity index (χ1v) is 14.0. The number of benzene rings is 1. The third kappa shape index (κ3) is 7.79. The molecule has 11 N–H and O–H groups in total. The number of aliphatic hydroxyl groups excluding tert-OH is 10. The van der Waals surface area contributed by atoms with Crippen molar-refractivity contribution in [3.63, 3.8) is 0 Å². The fraction of sp³-hybridized carbons (Fsp3) is 0.667. The molecule has 18 heteroatoms. The van der Waals surface area contributed by atoms with Crippen LogP contribution in [0.3, 0.4) is 0 Å². The fourth-order valence-corrected chi connectivity index (χ4v) is 5.08. The minimum Gasteiger partial charge on any atom is -0.462 e. The minimum absolute atomic E-state index is 0.171. The van der Waals surface area contributed by atoms with Crippen molar-refractivity contribution in [2.24, 2.45) is 0 Å². The lowest BCUT2D eigenvalue weighted by atomic mass is 9.96. The lowest BCUT2D eigenvalue weighted by Crippen LogP contribution is -2.66. The highest BCUT2D eigenvalue weighted by atomic mass is 16.8. The van der Waals surface area contributed by atoms with Crippen LogP contribution in [-0.4, -0.2) is 169 Å². The molecule has 0 aromatic heterocycles. The highest BCUT2D eigenvalue weighted by Crippen LogP contribution is 2.33. The van der Waals surface area contributed by atoms with E-state index >= 15 is 0 Å². The van der Waals surface area contributed by atoms with Crippen molar-refractivity contribution in [1.82, 2.24) is 0 Å². The van der Waals surface area contributed by atoms with Crippen molar-refractivity contribution in [3.05, 3.63) is 36.9 Å². The largest absolute Gasteiger partial charge is 0.462 e. The highest BCUT2D eigenvalue weighted by molar-refractivity contribution is 5.98. The van der Waals surface area contributed by atoms with Crippen LogP contribution in [0.4, 0.5) is 5.69 Å². The second kappa shape index (κ2) is 15.5. The van der Waals surface area contributed by atoms with Gasteiger partial charge in [-0.05, 0) is 30.3 Å². The molecule has 254 valence electrons. The molecule has 15 atom stereocenters. The highest BCUT2D eigenvalue weighted by Gasteiger charge is 2.53. The molecule has 4 rings (SSSR count). The first-order chi connectivity index (χ1) is 21.4. The Balaban J connectivity index is 1.41. The topological polar surface area (TPSA) is 287 Å². The molecular weight excluding hydrogens is 610 g/mol. The van der Waals surface area contributed by atoms with E-state index < -0.39 is 118 Å². The van der Waals surface area contributed by atoms with Gasteiger partial charge >= 0.3 is 0 Å². The normalized spacial score (nSPS) is 42.1. The minimum atomic E-state index is -1.94. The fourth-order valence-electron chi connectivity index (χ4n) is 5.08. The summed E-state index contributed by atoms with van der Waals surface area (Å²) in [7, 11) is 0. The van der Waals surface area contributed by atoms with Crippen LogP contribution >= 0.6 is 0 Å². The maximum atomic E-state index is 11.5. The summed E-state index contributed by atoms with van der Waals surface area (Å²) in [5.74, 6) is -0.263. The van der Waals surface area contributed by atoms with Crippen LogP contribution in [0.2, 0.25) is 0 Å².